The van der Waals surface area contributed by atoms with Gasteiger partial charge in [0.1, 0.15) is 4.88 Å². The molecule has 9 nitrogen and oxygen atoms in total. The van der Waals surface area contributed by atoms with Gasteiger partial charge in [-0.3, -0.25) is 9.59 Å². The molecule has 2 heterocycles. The highest BCUT2D eigenvalue weighted by Crippen LogP contribution is 2.30. The molecule has 1 aromatic carbocycles. The number of carbonyl (C=O) groups is 2. The van der Waals surface area contributed by atoms with Gasteiger partial charge in [-0.2, -0.15) is 0 Å². The van der Waals surface area contributed by atoms with Crippen LogP contribution in [0.1, 0.15) is 52.6 Å². The molecule has 0 saturated carbocycles. The molecular weight excluding hydrogens is 491 g/mol. The summed E-state index contributed by atoms with van der Waals surface area (Å²) in [5.41, 5.74) is 0.475. The van der Waals surface area contributed by atoms with E-state index in [1.807, 2.05) is 26.8 Å². The number of benzene rings is 1. The predicted octanol–water partition coefficient (Wildman–Crippen LogP) is 2.44. The van der Waals surface area contributed by atoms with Gasteiger partial charge < -0.3 is 25.5 Å². The summed E-state index contributed by atoms with van der Waals surface area (Å²) in [6, 6.07) is 7.07. The molecule has 0 fully saturated rings. The highest BCUT2D eigenvalue weighted by Gasteiger charge is 2.48. The third-order valence-corrected chi connectivity index (χ3v) is 6.90. The molecule has 35 heavy (non-hydrogen) atoms. The molecule has 1 aromatic heterocycles. The zero-order valence-corrected chi connectivity index (χ0v) is 21.7. The first-order valence-corrected chi connectivity index (χ1v) is 12.6. The average Bonchev–Trinajstić information content (AvgIpc) is 3.34. The quantitative estimate of drug-likeness (QED) is 0.356. The van der Waals surface area contributed by atoms with Gasteiger partial charge in [-0.25, -0.2) is 4.98 Å². The second kappa shape index (κ2) is 11.5. The number of hydrogen-bond donors (Lipinski definition) is 4. The molecule has 2 amide bonds. The minimum absolute atomic E-state index is 0.0951. The molecule has 0 saturated heterocycles. The van der Waals surface area contributed by atoms with Crippen molar-refractivity contribution >= 4 is 47.6 Å². The molecule has 1 aliphatic heterocycles. The number of aryl methyl sites for hydroxylation is 2. The van der Waals surface area contributed by atoms with E-state index in [9.17, 15) is 19.6 Å². The second-order valence-corrected chi connectivity index (χ2v) is 10.8. The Labute approximate surface area is 214 Å². The summed E-state index contributed by atoms with van der Waals surface area (Å²) in [4.78, 5) is 36.6. The lowest BCUT2D eigenvalue weighted by molar-refractivity contribution is -0.144. The minimum atomic E-state index is -1.73. The van der Waals surface area contributed by atoms with E-state index in [1.165, 1.54) is 11.3 Å². The van der Waals surface area contributed by atoms with Crippen LogP contribution in [0.15, 0.2) is 29.4 Å². The van der Waals surface area contributed by atoms with E-state index in [0.717, 1.165) is 10.6 Å². The van der Waals surface area contributed by atoms with Crippen LogP contribution in [-0.2, 0) is 16.1 Å². The molecule has 0 radical (unpaired) electrons. The number of oxime groups is 1. The fraction of sp³-hybridized carbons (Fsp3) is 0.478. The van der Waals surface area contributed by atoms with Crippen LogP contribution in [0.5, 0.6) is 0 Å². The summed E-state index contributed by atoms with van der Waals surface area (Å²) in [6.45, 7) is 7.55. The van der Waals surface area contributed by atoms with E-state index >= 15 is 0 Å². The van der Waals surface area contributed by atoms with Crippen LogP contribution in [0.4, 0.5) is 0 Å². The summed E-state index contributed by atoms with van der Waals surface area (Å²) in [7, 11) is -1.73. The van der Waals surface area contributed by atoms with Gasteiger partial charge in [0.15, 0.2) is 0 Å². The van der Waals surface area contributed by atoms with Crippen molar-refractivity contribution in [2.24, 2.45) is 11.1 Å². The largest absolute Gasteiger partial charge is 0.475 e. The summed E-state index contributed by atoms with van der Waals surface area (Å²) < 4.78 is 0. The summed E-state index contributed by atoms with van der Waals surface area (Å²) >= 11 is 7.45. The fourth-order valence-electron chi connectivity index (χ4n) is 3.98. The molecule has 1 aliphatic rings. The molecule has 188 valence electrons. The molecule has 4 N–H and O–H groups in total. The molecule has 3 rings (SSSR count). The maximum atomic E-state index is 13.4. The summed E-state index contributed by atoms with van der Waals surface area (Å²) in [5.74, 6) is -1.54. The number of nitrogens with one attached hydrogen (secondary N) is 2. The van der Waals surface area contributed by atoms with E-state index in [2.05, 4.69) is 20.8 Å². The number of nitrogens with zero attached hydrogens (tertiary/aromatic N) is 2. The van der Waals surface area contributed by atoms with Gasteiger partial charge in [-0.1, -0.05) is 42.7 Å². The van der Waals surface area contributed by atoms with E-state index < -0.39 is 24.6 Å². The zero-order valence-electron chi connectivity index (χ0n) is 20.2. The van der Waals surface area contributed by atoms with Gasteiger partial charge >= 0.3 is 7.12 Å². The van der Waals surface area contributed by atoms with Crippen molar-refractivity contribution in [3.05, 3.63) is 50.4 Å². The van der Waals surface area contributed by atoms with Gasteiger partial charge in [0, 0.05) is 17.9 Å². The maximum Gasteiger partial charge on any atom is 0.475 e. The topological polar surface area (TPSA) is 133 Å². The van der Waals surface area contributed by atoms with Crippen LogP contribution in [0.2, 0.25) is 5.02 Å². The highest BCUT2D eigenvalue weighted by molar-refractivity contribution is 7.13. The Morgan fingerprint density at radius 2 is 2.06 bits per heavy atom. The van der Waals surface area contributed by atoms with Crippen molar-refractivity contribution < 1.29 is 24.5 Å². The van der Waals surface area contributed by atoms with Crippen molar-refractivity contribution in [3.8, 4) is 0 Å². The summed E-state index contributed by atoms with van der Waals surface area (Å²) in [6.07, 6.45) is 0.639. The Morgan fingerprint density at radius 3 is 2.66 bits per heavy atom. The molecule has 0 bridgehead atoms. The lowest BCUT2D eigenvalue weighted by atomic mass is 9.74. The van der Waals surface area contributed by atoms with Crippen molar-refractivity contribution in [1.29, 1.82) is 0 Å². The molecule has 0 spiro atoms. The van der Waals surface area contributed by atoms with Gasteiger partial charge in [0.05, 0.1) is 28.9 Å². The van der Waals surface area contributed by atoms with Crippen LogP contribution >= 0.6 is 22.9 Å². The number of amides is 2. The van der Waals surface area contributed by atoms with E-state index in [-0.39, 0.29) is 31.2 Å². The van der Waals surface area contributed by atoms with E-state index in [0.29, 0.717) is 27.7 Å². The van der Waals surface area contributed by atoms with Gasteiger partial charge in [-0.15, -0.1) is 11.3 Å². The third-order valence-electron chi connectivity index (χ3n) is 5.60. The number of rotatable bonds is 10. The van der Waals surface area contributed by atoms with Crippen LogP contribution in [0.25, 0.3) is 0 Å². The lowest BCUT2D eigenvalue weighted by Crippen LogP contribution is -2.56. The number of hydrogen-bond acceptors (Lipinski definition) is 8. The SMILES string of the molecule is Cc1nc(C)c(C(=O)NCC2=NOC(Cc3cccc(Cl)c3)(C(=O)NC(CC(C)C)B(O)O)C2)s1. The molecule has 2 atom stereocenters. The van der Waals surface area contributed by atoms with Gasteiger partial charge in [0.25, 0.3) is 11.8 Å². The first kappa shape index (κ1) is 27.1. The number of thiazole rings is 1. The smallest absolute Gasteiger partial charge is 0.426 e. The Hall–Kier alpha value is -2.47. The Bertz CT molecular complexity index is 1110. The minimum Gasteiger partial charge on any atom is -0.426 e. The molecular formula is C23H30BClN4O5S. The number of carbonyl (C=O) groups excluding carboxylic acids is 2. The van der Waals surface area contributed by atoms with Crippen LogP contribution in [-0.4, -0.2) is 57.8 Å². The van der Waals surface area contributed by atoms with E-state index in [4.69, 9.17) is 16.4 Å². The lowest BCUT2D eigenvalue weighted by Gasteiger charge is -2.29. The average molecular weight is 521 g/mol. The zero-order chi connectivity index (χ0) is 25.8. The predicted molar refractivity (Wildman–Crippen MR) is 137 cm³/mol. The molecule has 12 heteroatoms. The Balaban J connectivity index is 1.76. The monoisotopic (exact) mass is 520 g/mol. The number of aromatic nitrogens is 1. The van der Waals surface area contributed by atoms with Crippen LogP contribution < -0.4 is 10.6 Å². The van der Waals surface area contributed by atoms with Gasteiger partial charge in [0.2, 0.25) is 5.60 Å². The first-order valence-electron chi connectivity index (χ1n) is 11.4. The standard InChI is InChI=1S/C23H30BClN4O5S/c1-13(2)8-19(24(32)33)28-22(31)23(10-16-6-5-7-17(25)9-16)11-18(29-34-23)12-26-21(30)20-14(3)27-15(4)35-20/h5-7,9,13,19,32-33H,8,10-12H2,1-4H3,(H,26,30)(H,28,31). The van der Waals surface area contributed by atoms with Crippen molar-refractivity contribution in [3.63, 3.8) is 0 Å². The number of halogens is 1. The second-order valence-electron chi connectivity index (χ2n) is 9.18. The van der Waals surface area contributed by atoms with Crippen LogP contribution in [0, 0.1) is 19.8 Å². The van der Waals surface area contributed by atoms with E-state index in [1.54, 1.807) is 25.1 Å². The fourth-order valence-corrected chi connectivity index (χ4v) is 5.03. The Kier molecular flexibility index (Phi) is 8.92. The first-order chi connectivity index (χ1) is 16.5. The third kappa shape index (κ3) is 7.03. The Morgan fingerprint density at radius 1 is 1.31 bits per heavy atom. The van der Waals surface area contributed by atoms with Gasteiger partial charge in [-0.05, 0) is 43.9 Å². The normalized spacial score (nSPS) is 18.1. The summed E-state index contributed by atoms with van der Waals surface area (Å²) in [5, 5.41) is 30.6. The van der Waals surface area contributed by atoms with Crippen molar-refractivity contribution in [2.75, 3.05) is 6.54 Å². The molecule has 0 aliphatic carbocycles. The van der Waals surface area contributed by atoms with Crippen molar-refractivity contribution in [2.45, 2.75) is 58.5 Å². The highest BCUT2D eigenvalue weighted by atomic mass is 35.5. The molecule has 2 unspecified atom stereocenters. The molecule has 2 aromatic rings. The van der Waals surface area contributed by atoms with Crippen LogP contribution in [0.3, 0.4) is 0 Å². The van der Waals surface area contributed by atoms with Crippen molar-refractivity contribution in [1.82, 2.24) is 15.6 Å². The maximum absolute atomic E-state index is 13.4.